The van der Waals surface area contributed by atoms with E-state index in [0.717, 1.165) is 22.8 Å². The number of hydrogen-bond donors (Lipinski definition) is 1. The van der Waals surface area contributed by atoms with Crippen molar-refractivity contribution in [2.24, 2.45) is 0 Å². The number of nitrogens with one attached hydrogen (secondary N) is 1. The van der Waals surface area contributed by atoms with Gasteiger partial charge in [0, 0.05) is 36.9 Å². The van der Waals surface area contributed by atoms with Gasteiger partial charge in [-0.15, -0.1) is 0 Å². The van der Waals surface area contributed by atoms with Crippen LogP contribution in [0, 0.1) is 0 Å². The quantitative estimate of drug-likeness (QED) is 0.903. The molecule has 2 rings (SSSR count). The fourth-order valence-electron chi connectivity index (χ4n) is 1.87. The van der Waals surface area contributed by atoms with Gasteiger partial charge in [-0.3, -0.25) is 4.79 Å². The van der Waals surface area contributed by atoms with Crippen LogP contribution in [-0.4, -0.2) is 17.0 Å². The molecule has 1 amide bonds. The minimum atomic E-state index is -0.00791. The average molecular weight is 263 g/mol. The molecule has 1 aromatic heterocycles. The standard InChI is InChI=1S/C14H15ClN2O/c1-11(18)16-7-9-17-8-3-6-14(17)12-4-2-5-13(15)10-12/h2-6,8,10H,7,9H2,1H3,(H,16,18). The molecule has 0 saturated carbocycles. The number of benzene rings is 1. The van der Waals surface area contributed by atoms with Crippen molar-refractivity contribution >= 4 is 17.5 Å². The van der Waals surface area contributed by atoms with Crippen LogP contribution < -0.4 is 5.32 Å². The van der Waals surface area contributed by atoms with Gasteiger partial charge in [0.25, 0.3) is 0 Å². The van der Waals surface area contributed by atoms with Crippen LogP contribution >= 0.6 is 11.6 Å². The lowest BCUT2D eigenvalue weighted by Gasteiger charge is -2.10. The molecule has 0 aliphatic heterocycles. The first-order valence-corrected chi connectivity index (χ1v) is 6.20. The maximum Gasteiger partial charge on any atom is 0.216 e. The van der Waals surface area contributed by atoms with Crippen LogP contribution in [0.3, 0.4) is 0 Å². The molecule has 0 atom stereocenters. The Morgan fingerprint density at radius 1 is 1.33 bits per heavy atom. The molecular formula is C14H15ClN2O. The van der Waals surface area contributed by atoms with Gasteiger partial charge in [0.1, 0.15) is 0 Å². The molecule has 3 nitrogen and oxygen atoms in total. The number of halogens is 1. The first-order chi connectivity index (χ1) is 8.66. The normalized spacial score (nSPS) is 10.3. The summed E-state index contributed by atoms with van der Waals surface area (Å²) in [7, 11) is 0. The van der Waals surface area contributed by atoms with Gasteiger partial charge in [0.05, 0.1) is 0 Å². The zero-order valence-electron chi connectivity index (χ0n) is 10.2. The third-order valence-corrected chi connectivity index (χ3v) is 2.91. The van der Waals surface area contributed by atoms with Crippen molar-refractivity contribution in [2.75, 3.05) is 6.54 Å². The summed E-state index contributed by atoms with van der Waals surface area (Å²) in [6, 6.07) is 11.8. The number of carbonyl (C=O) groups is 1. The molecule has 0 aliphatic carbocycles. The van der Waals surface area contributed by atoms with Crippen molar-refractivity contribution in [3.05, 3.63) is 47.6 Å². The summed E-state index contributed by atoms with van der Waals surface area (Å²) in [6.07, 6.45) is 2.00. The fourth-order valence-corrected chi connectivity index (χ4v) is 2.06. The minimum Gasteiger partial charge on any atom is -0.355 e. The van der Waals surface area contributed by atoms with Gasteiger partial charge in [-0.1, -0.05) is 23.7 Å². The summed E-state index contributed by atoms with van der Waals surface area (Å²) in [5.41, 5.74) is 2.18. The number of aromatic nitrogens is 1. The minimum absolute atomic E-state index is 0.00791. The zero-order chi connectivity index (χ0) is 13.0. The Morgan fingerprint density at radius 2 is 2.17 bits per heavy atom. The van der Waals surface area contributed by atoms with Crippen molar-refractivity contribution < 1.29 is 4.79 Å². The Labute approximate surface area is 111 Å². The average Bonchev–Trinajstić information content (AvgIpc) is 2.77. The van der Waals surface area contributed by atoms with Crippen LogP contribution in [0.2, 0.25) is 5.02 Å². The number of carbonyl (C=O) groups excluding carboxylic acids is 1. The Kier molecular flexibility index (Phi) is 4.05. The van der Waals surface area contributed by atoms with Crippen molar-refractivity contribution in [1.29, 1.82) is 0 Å². The van der Waals surface area contributed by atoms with Gasteiger partial charge in [0.2, 0.25) is 5.91 Å². The number of hydrogen-bond acceptors (Lipinski definition) is 1. The van der Waals surface area contributed by atoms with E-state index >= 15 is 0 Å². The van der Waals surface area contributed by atoms with Crippen molar-refractivity contribution in [1.82, 2.24) is 9.88 Å². The van der Waals surface area contributed by atoms with E-state index in [1.54, 1.807) is 0 Å². The van der Waals surface area contributed by atoms with Gasteiger partial charge in [-0.25, -0.2) is 0 Å². The van der Waals surface area contributed by atoms with E-state index in [-0.39, 0.29) is 5.91 Å². The monoisotopic (exact) mass is 262 g/mol. The molecule has 0 bridgehead atoms. The first kappa shape index (κ1) is 12.7. The summed E-state index contributed by atoms with van der Waals surface area (Å²) in [5.74, 6) is -0.00791. The maximum atomic E-state index is 10.8. The Morgan fingerprint density at radius 3 is 2.89 bits per heavy atom. The summed E-state index contributed by atoms with van der Waals surface area (Å²) < 4.78 is 2.10. The molecule has 0 radical (unpaired) electrons. The lowest BCUT2D eigenvalue weighted by Crippen LogP contribution is -2.24. The Balaban J connectivity index is 2.15. The maximum absolute atomic E-state index is 10.8. The predicted octanol–water partition coefficient (Wildman–Crippen LogP) is 2.94. The smallest absolute Gasteiger partial charge is 0.216 e. The highest BCUT2D eigenvalue weighted by Crippen LogP contribution is 2.23. The Hall–Kier alpha value is -1.74. The van der Waals surface area contributed by atoms with Gasteiger partial charge in [0.15, 0.2) is 0 Å². The van der Waals surface area contributed by atoms with Gasteiger partial charge < -0.3 is 9.88 Å². The lowest BCUT2D eigenvalue weighted by molar-refractivity contribution is -0.118. The second-order valence-corrected chi connectivity index (χ2v) is 4.52. The topological polar surface area (TPSA) is 34.0 Å². The van der Waals surface area contributed by atoms with Crippen LogP contribution in [0.1, 0.15) is 6.92 Å². The molecule has 1 N–H and O–H groups in total. The zero-order valence-corrected chi connectivity index (χ0v) is 10.9. The van der Waals surface area contributed by atoms with Crippen LogP contribution in [0.15, 0.2) is 42.6 Å². The molecule has 0 fully saturated rings. The summed E-state index contributed by atoms with van der Waals surface area (Å²) in [6.45, 7) is 2.89. The lowest BCUT2D eigenvalue weighted by atomic mass is 10.1. The molecule has 1 aromatic carbocycles. The third-order valence-electron chi connectivity index (χ3n) is 2.68. The highest BCUT2D eigenvalue weighted by molar-refractivity contribution is 6.30. The number of amides is 1. The second kappa shape index (κ2) is 5.74. The highest BCUT2D eigenvalue weighted by Gasteiger charge is 2.04. The third kappa shape index (κ3) is 3.14. The second-order valence-electron chi connectivity index (χ2n) is 4.08. The van der Waals surface area contributed by atoms with E-state index in [0.29, 0.717) is 6.54 Å². The molecule has 94 valence electrons. The van der Waals surface area contributed by atoms with Gasteiger partial charge in [-0.2, -0.15) is 0 Å². The molecule has 18 heavy (non-hydrogen) atoms. The van der Waals surface area contributed by atoms with Crippen molar-refractivity contribution in [3.8, 4) is 11.3 Å². The molecule has 2 aromatic rings. The first-order valence-electron chi connectivity index (χ1n) is 5.82. The fraction of sp³-hybridized carbons (Fsp3) is 0.214. The van der Waals surface area contributed by atoms with E-state index in [1.165, 1.54) is 6.92 Å². The number of rotatable bonds is 4. The molecule has 0 saturated heterocycles. The predicted molar refractivity (Wildman–Crippen MR) is 73.6 cm³/mol. The molecule has 0 aliphatic rings. The van der Waals surface area contributed by atoms with Crippen LogP contribution in [0.4, 0.5) is 0 Å². The SMILES string of the molecule is CC(=O)NCCn1cccc1-c1cccc(Cl)c1. The number of nitrogens with zero attached hydrogens (tertiary/aromatic N) is 1. The Bertz CT molecular complexity index is 548. The van der Waals surface area contributed by atoms with E-state index < -0.39 is 0 Å². The molecule has 0 unspecified atom stereocenters. The largest absolute Gasteiger partial charge is 0.355 e. The highest BCUT2D eigenvalue weighted by atomic mass is 35.5. The van der Waals surface area contributed by atoms with E-state index in [4.69, 9.17) is 11.6 Å². The van der Waals surface area contributed by atoms with E-state index in [1.807, 2.05) is 42.6 Å². The van der Waals surface area contributed by atoms with Crippen molar-refractivity contribution in [2.45, 2.75) is 13.5 Å². The van der Waals surface area contributed by atoms with Crippen LogP contribution in [-0.2, 0) is 11.3 Å². The van der Waals surface area contributed by atoms with Crippen molar-refractivity contribution in [3.63, 3.8) is 0 Å². The van der Waals surface area contributed by atoms with E-state index in [9.17, 15) is 4.79 Å². The molecule has 1 heterocycles. The summed E-state index contributed by atoms with van der Waals surface area (Å²) in [4.78, 5) is 10.8. The summed E-state index contributed by atoms with van der Waals surface area (Å²) >= 11 is 5.99. The molecular weight excluding hydrogens is 248 g/mol. The summed E-state index contributed by atoms with van der Waals surface area (Å²) in [5, 5.41) is 3.51. The van der Waals surface area contributed by atoms with Crippen LogP contribution in [0.25, 0.3) is 11.3 Å². The molecule has 0 spiro atoms. The van der Waals surface area contributed by atoms with Gasteiger partial charge in [-0.05, 0) is 29.8 Å². The molecule has 4 heteroatoms. The van der Waals surface area contributed by atoms with E-state index in [2.05, 4.69) is 9.88 Å². The van der Waals surface area contributed by atoms with Crippen LogP contribution in [0.5, 0.6) is 0 Å². The van der Waals surface area contributed by atoms with Gasteiger partial charge >= 0.3 is 0 Å².